The van der Waals surface area contributed by atoms with Crippen molar-refractivity contribution in [2.45, 2.75) is 39.3 Å². The molecular formula is C32H37N7O3. The first-order chi connectivity index (χ1) is 20.3. The molecule has 2 unspecified atom stereocenters. The molecule has 10 heteroatoms. The van der Waals surface area contributed by atoms with E-state index in [0.29, 0.717) is 48.0 Å². The van der Waals surface area contributed by atoms with Gasteiger partial charge in [-0.05, 0) is 70.7 Å². The lowest BCUT2D eigenvalue weighted by Crippen LogP contribution is -2.32. The van der Waals surface area contributed by atoms with Gasteiger partial charge < -0.3 is 30.3 Å². The number of nitrogens with zero attached hydrogens (tertiary/aromatic N) is 4. The minimum atomic E-state index is -0.443. The van der Waals surface area contributed by atoms with Crippen molar-refractivity contribution in [2.24, 2.45) is 5.92 Å². The van der Waals surface area contributed by atoms with Gasteiger partial charge in [0.1, 0.15) is 24.2 Å². The number of pyridine rings is 1. The van der Waals surface area contributed by atoms with Gasteiger partial charge in [0.25, 0.3) is 0 Å². The van der Waals surface area contributed by atoms with E-state index in [1.54, 1.807) is 24.4 Å². The fourth-order valence-corrected chi connectivity index (χ4v) is 4.82. The number of benzene rings is 2. The van der Waals surface area contributed by atoms with Crippen LogP contribution in [0.15, 0.2) is 48.7 Å². The summed E-state index contributed by atoms with van der Waals surface area (Å²) >= 11 is 0. The van der Waals surface area contributed by atoms with Crippen molar-refractivity contribution < 1.29 is 14.3 Å². The zero-order valence-electron chi connectivity index (χ0n) is 24.5. The van der Waals surface area contributed by atoms with Crippen molar-refractivity contribution in [3.8, 4) is 23.6 Å². The van der Waals surface area contributed by atoms with Gasteiger partial charge in [-0.25, -0.2) is 0 Å². The summed E-state index contributed by atoms with van der Waals surface area (Å²) in [6, 6.07) is 17.0. The normalized spacial score (nSPS) is 15.5. The molecule has 4 rings (SSSR count). The number of carbonyl (C=O) groups excluding carboxylic acids is 1. The predicted molar refractivity (Wildman–Crippen MR) is 162 cm³/mol. The first kappa shape index (κ1) is 30.2. The molecule has 1 aliphatic rings. The van der Waals surface area contributed by atoms with E-state index in [1.165, 1.54) is 0 Å². The Kier molecular flexibility index (Phi) is 10.2. The van der Waals surface area contributed by atoms with E-state index < -0.39 is 12.0 Å². The highest BCUT2D eigenvalue weighted by Crippen LogP contribution is 2.42. The molecule has 1 aromatic heterocycles. The van der Waals surface area contributed by atoms with Gasteiger partial charge in [0.2, 0.25) is 5.91 Å². The molecule has 3 N–H and O–H groups in total. The van der Waals surface area contributed by atoms with Crippen LogP contribution < -0.4 is 25.4 Å². The largest absolute Gasteiger partial charge is 0.492 e. The van der Waals surface area contributed by atoms with E-state index in [-0.39, 0.29) is 12.5 Å². The molecular weight excluding hydrogens is 530 g/mol. The number of carbonyl (C=O) groups is 1. The van der Waals surface area contributed by atoms with Crippen LogP contribution in [0, 0.1) is 35.5 Å². The molecule has 218 valence electrons. The summed E-state index contributed by atoms with van der Waals surface area (Å²) in [6.07, 6.45) is 2.83. The molecule has 2 atom stereocenters. The first-order valence-corrected chi connectivity index (χ1v) is 14.1. The van der Waals surface area contributed by atoms with Crippen LogP contribution in [0.3, 0.4) is 0 Å². The fraction of sp³-hybridized carbons (Fsp3) is 0.375. The lowest BCUT2D eigenvalue weighted by Gasteiger charge is -2.33. The summed E-state index contributed by atoms with van der Waals surface area (Å²) in [5, 5.41) is 29.7. The highest BCUT2D eigenvalue weighted by molar-refractivity contribution is 5.93. The number of rotatable bonds is 12. The summed E-state index contributed by atoms with van der Waals surface area (Å²) in [4.78, 5) is 19.2. The van der Waals surface area contributed by atoms with Crippen LogP contribution in [0.1, 0.15) is 48.2 Å². The monoisotopic (exact) mass is 567 g/mol. The molecule has 0 saturated carbocycles. The number of aromatic nitrogens is 1. The van der Waals surface area contributed by atoms with E-state index in [9.17, 15) is 15.3 Å². The zero-order chi connectivity index (χ0) is 30.1. The van der Waals surface area contributed by atoms with Gasteiger partial charge in [-0.3, -0.25) is 9.78 Å². The van der Waals surface area contributed by atoms with Crippen molar-refractivity contribution in [1.29, 1.82) is 10.5 Å². The van der Waals surface area contributed by atoms with Crippen molar-refractivity contribution in [3.05, 3.63) is 71.0 Å². The Morgan fingerprint density at radius 2 is 2.00 bits per heavy atom. The number of ether oxygens (including phenoxy) is 2. The summed E-state index contributed by atoms with van der Waals surface area (Å²) in [5.74, 6) is 0.561. The fourth-order valence-electron chi connectivity index (χ4n) is 4.82. The van der Waals surface area contributed by atoms with Crippen molar-refractivity contribution in [3.63, 3.8) is 0 Å². The molecule has 1 amide bonds. The summed E-state index contributed by atoms with van der Waals surface area (Å²) < 4.78 is 11.8. The Hall–Kier alpha value is -4.80. The number of anilines is 3. The molecule has 0 radical (unpaired) electrons. The summed E-state index contributed by atoms with van der Waals surface area (Å²) in [6.45, 7) is 5.80. The van der Waals surface area contributed by atoms with E-state index in [1.807, 2.05) is 57.1 Å². The van der Waals surface area contributed by atoms with Crippen LogP contribution in [0.5, 0.6) is 11.5 Å². The molecule has 42 heavy (non-hydrogen) atoms. The van der Waals surface area contributed by atoms with Gasteiger partial charge in [0.15, 0.2) is 0 Å². The van der Waals surface area contributed by atoms with Gasteiger partial charge in [0.05, 0.1) is 47.3 Å². The maximum absolute atomic E-state index is 12.8. The van der Waals surface area contributed by atoms with Crippen molar-refractivity contribution in [1.82, 2.24) is 9.88 Å². The number of amides is 1. The maximum Gasteiger partial charge on any atom is 0.224 e. The predicted octanol–water partition coefficient (Wildman–Crippen LogP) is 5.24. The number of nitrogens with one attached hydrogen (secondary N) is 3. The van der Waals surface area contributed by atoms with E-state index in [0.717, 1.165) is 35.5 Å². The topological polar surface area (TPSA) is 135 Å². The number of hydrogen-bond acceptors (Lipinski definition) is 9. The van der Waals surface area contributed by atoms with Gasteiger partial charge >= 0.3 is 0 Å². The second-order valence-corrected chi connectivity index (χ2v) is 10.4. The van der Waals surface area contributed by atoms with E-state index in [4.69, 9.17) is 9.47 Å². The summed E-state index contributed by atoms with van der Waals surface area (Å²) in [5.41, 5.74) is 4.98. The van der Waals surface area contributed by atoms with Crippen LogP contribution in [-0.2, 0) is 11.4 Å². The molecule has 3 aromatic rings. The smallest absolute Gasteiger partial charge is 0.224 e. The third-order valence-corrected chi connectivity index (χ3v) is 7.07. The SMILES string of the molecule is CCOc1cc2c(cc1NC(=O)CCCN(C)C)C(Nc1ccc(OCc3ncccc3C)cc1C#N)C(C#N)CN2. The van der Waals surface area contributed by atoms with Crippen molar-refractivity contribution >= 4 is 23.0 Å². The molecule has 0 bridgehead atoms. The molecule has 10 nitrogen and oxygen atoms in total. The Balaban J connectivity index is 1.59. The Morgan fingerprint density at radius 3 is 2.71 bits per heavy atom. The van der Waals surface area contributed by atoms with Gasteiger partial charge in [0, 0.05) is 42.5 Å². The van der Waals surface area contributed by atoms with Gasteiger partial charge in [-0.1, -0.05) is 6.07 Å². The van der Waals surface area contributed by atoms with Crippen molar-refractivity contribution in [2.75, 3.05) is 49.7 Å². The molecule has 0 fully saturated rings. The van der Waals surface area contributed by atoms with E-state index in [2.05, 4.69) is 33.1 Å². The third kappa shape index (κ3) is 7.48. The van der Waals surface area contributed by atoms with Crippen LogP contribution in [0.2, 0.25) is 0 Å². The lowest BCUT2D eigenvalue weighted by atomic mass is 9.88. The first-order valence-electron chi connectivity index (χ1n) is 14.1. The lowest BCUT2D eigenvalue weighted by molar-refractivity contribution is -0.116. The molecule has 0 spiro atoms. The summed E-state index contributed by atoms with van der Waals surface area (Å²) in [7, 11) is 3.95. The highest BCUT2D eigenvalue weighted by Gasteiger charge is 2.32. The van der Waals surface area contributed by atoms with Crippen LogP contribution in [0.4, 0.5) is 17.1 Å². The Morgan fingerprint density at radius 1 is 1.17 bits per heavy atom. The molecule has 2 heterocycles. The molecule has 1 aliphatic heterocycles. The van der Waals surface area contributed by atoms with Gasteiger partial charge in [-0.15, -0.1) is 0 Å². The molecule has 0 aliphatic carbocycles. The minimum absolute atomic E-state index is 0.105. The number of hydrogen-bond donors (Lipinski definition) is 3. The van der Waals surface area contributed by atoms with E-state index >= 15 is 0 Å². The number of nitriles is 2. The van der Waals surface area contributed by atoms with Crippen LogP contribution >= 0.6 is 0 Å². The molecule has 2 aromatic carbocycles. The number of fused-ring (bicyclic) bond motifs is 1. The number of aryl methyl sites for hydroxylation is 1. The second-order valence-electron chi connectivity index (χ2n) is 10.4. The average Bonchev–Trinajstić information content (AvgIpc) is 2.97. The van der Waals surface area contributed by atoms with Gasteiger partial charge in [-0.2, -0.15) is 10.5 Å². The zero-order valence-corrected chi connectivity index (χ0v) is 24.5. The molecule has 0 saturated heterocycles. The third-order valence-electron chi connectivity index (χ3n) is 7.07. The Bertz CT molecular complexity index is 1490. The maximum atomic E-state index is 12.8. The second kappa shape index (κ2) is 14.2. The Labute approximate surface area is 247 Å². The van der Waals surface area contributed by atoms with Crippen LogP contribution in [0.25, 0.3) is 0 Å². The minimum Gasteiger partial charge on any atom is -0.492 e. The average molecular weight is 568 g/mol. The highest BCUT2D eigenvalue weighted by atomic mass is 16.5. The standard InChI is InChI=1S/C32H37N7O3/c1-5-41-30-16-27-25(15-28(30)37-31(40)9-7-13-39(3)4)32(23(18-34)19-36-27)38-26-11-10-24(14-22(26)17-33)42-20-29-21(2)8-6-12-35-29/h6,8,10-12,14-16,23,32,36,38H,5,7,9,13,19-20H2,1-4H3,(H,37,40). The quantitative estimate of drug-likeness (QED) is 0.268. The van der Waals surface area contributed by atoms with Crippen LogP contribution in [-0.4, -0.2) is 49.6 Å².